The summed E-state index contributed by atoms with van der Waals surface area (Å²) in [6.45, 7) is 2.13. The van der Waals surface area contributed by atoms with Crippen LogP contribution in [0.5, 0.6) is 5.75 Å². The molecule has 2 aromatic rings. The molecule has 23 heavy (non-hydrogen) atoms. The fraction of sp³-hybridized carbons (Fsp3) is 0.294. The lowest BCUT2D eigenvalue weighted by Crippen LogP contribution is -2.41. The third kappa shape index (κ3) is 2.91. The summed E-state index contributed by atoms with van der Waals surface area (Å²) in [4.78, 5) is 14.6. The highest BCUT2D eigenvalue weighted by Crippen LogP contribution is 2.21. The SMILES string of the molecule is COc1ccc(-n2ccc(C#N)c2C(=O)N2CCOCC2)cc1. The lowest BCUT2D eigenvalue weighted by molar-refractivity contribution is 0.0297. The number of nitriles is 1. The van der Waals surface area contributed by atoms with Crippen LogP contribution in [0.2, 0.25) is 0 Å². The molecule has 0 spiro atoms. The second-order valence-electron chi connectivity index (χ2n) is 5.16. The van der Waals surface area contributed by atoms with Gasteiger partial charge in [0.25, 0.3) is 5.91 Å². The Morgan fingerprint density at radius 2 is 1.91 bits per heavy atom. The number of ether oxygens (including phenoxy) is 2. The number of rotatable bonds is 3. The van der Waals surface area contributed by atoms with Gasteiger partial charge < -0.3 is 18.9 Å². The number of carbonyl (C=O) groups excluding carboxylic acids is 1. The van der Waals surface area contributed by atoms with Crippen molar-refractivity contribution in [1.29, 1.82) is 5.26 Å². The van der Waals surface area contributed by atoms with Gasteiger partial charge in [0.1, 0.15) is 17.5 Å². The van der Waals surface area contributed by atoms with Crippen LogP contribution in [0.15, 0.2) is 36.5 Å². The minimum atomic E-state index is -0.148. The molecular weight excluding hydrogens is 294 g/mol. The van der Waals surface area contributed by atoms with Crippen molar-refractivity contribution >= 4 is 5.91 Å². The third-order valence-electron chi connectivity index (χ3n) is 3.86. The highest BCUT2D eigenvalue weighted by Gasteiger charge is 2.25. The van der Waals surface area contributed by atoms with E-state index < -0.39 is 0 Å². The van der Waals surface area contributed by atoms with Gasteiger partial charge >= 0.3 is 0 Å². The van der Waals surface area contributed by atoms with Gasteiger partial charge in [-0.2, -0.15) is 5.26 Å². The number of hydrogen-bond acceptors (Lipinski definition) is 4. The zero-order valence-electron chi connectivity index (χ0n) is 12.9. The molecule has 1 amide bonds. The maximum absolute atomic E-state index is 12.8. The van der Waals surface area contributed by atoms with E-state index in [0.717, 1.165) is 11.4 Å². The Kier molecular flexibility index (Phi) is 4.31. The van der Waals surface area contributed by atoms with E-state index in [1.165, 1.54) is 0 Å². The summed E-state index contributed by atoms with van der Waals surface area (Å²) in [5.41, 5.74) is 1.57. The van der Waals surface area contributed by atoms with Gasteiger partial charge in [0, 0.05) is 25.0 Å². The molecule has 1 aromatic carbocycles. The molecular formula is C17H17N3O3. The molecule has 0 aliphatic carbocycles. The van der Waals surface area contributed by atoms with Crippen molar-refractivity contribution in [3.8, 4) is 17.5 Å². The standard InChI is InChI=1S/C17H17N3O3/c1-22-15-4-2-14(3-5-15)20-7-6-13(12-18)16(20)17(21)19-8-10-23-11-9-19/h2-7H,8-11H2,1H3. The highest BCUT2D eigenvalue weighted by molar-refractivity contribution is 5.96. The monoisotopic (exact) mass is 311 g/mol. The van der Waals surface area contributed by atoms with Crippen LogP contribution in [0.1, 0.15) is 16.1 Å². The normalized spacial score (nSPS) is 14.3. The second-order valence-corrected chi connectivity index (χ2v) is 5.16. The molecule has 0 atom stereocenters. The predicted molar refractivity (Wildman–Crippen MR) is 83.8 cm³/mol. The van der Waals surface area contributed by atoms with E-state index in [1.807, 2.05) is 24.3 Å². The maximum Gasteiger partial charge on any atom is 0.272 e. The molecule has 1 aliphatic rings. The fourth-order valence-electron chi connectivity index (χ4n) is 2.61. The van der Waals surface area contributed by atoms with E-state index in [-0.39, 0.29) is 5.91 Å². The lowest BCUT2D eigenvalue weighted by Gasteiger charge is -2.27. The summed E-state index contributed by atoms with van der Waals surface area (Å²) in [5.74, 6) is 0.591. The summed E-state index contributed by atoms with van der Waals surface area (Å²) in [7, 11) is 1.60. The molecule has 1 aliphatic heterocycles. The largest absolute Gasteiger partial charge is 0.497 e. The van der Waals surface area contributed by atoms with Crippen LogP contribution < -0.4 is 4.74 Å². The molecule has 3 rings (SSSR count). The molecule has 0 bridgehead atoms. The summed E-state index contributed by atoms with van der Waals surface area (Å²) >= 11 is 0. The Balaban J connectivity index is 1.99. The number of amides is 1. The topological polar surface area (TPSA) is 67.5 Å². The average Bonchev–Trinajstić information content (AvgIpc) is 3.06. The predicted octanol–water partition coefficient (Wildman–Crippen LogP) is 1.83. The minimum Gasteiger partial charge on any atom is -0.497 e. The highest BCUT2D eigenvalue weighted by atomic mass is 16.5. The van der Waals surface area contributed by atoms with Crippen LogP contribution in [-0.2, 0) is 4.74 Å². The van der Waals surface area contributed by atoms with Gasteiger partial charge in [-0.1, -0.05) is 0 Å². The number of nitrogens with zero attached hydrogens (tertiary/aromatic N) is 3. The van der Waals surface area contributed by atoms with Gasteiger partial charge in [-0.25, -0.2) is 0 Å². The molecule has 1 fully saturated rings. The number of aromatic nitrogens is 1. The van der Waals surface area contributed by atoms with Crippen LogP contribution in [0.25, 0.3) is 5.69 Å². The van der Waals surface area contributed by atoms with Crippen LogP contribution in [0.4, 0.5) is 0 Å². The first-order valence-electron chi connectivity index (χ1n) is 7.37. The Morgan fingerprint density at radius 1 is 1.22 bits per heavy atom. The molecule has 6 heteroatoms. The molecule has 2 heterocycles. The van der Waals surface area contributed by atoms with E-state index in [0.29, 0.717) is 37.6 Å². The van der Waals surface area contributed by atoms with Crippen LogP contribution in [-0.4, -0.2) is 48.8 Å². The Morgan fingerprint density at radius 3 is 2.52 bits per heavy atom. The Hall–Kier alpha value is -2.78. The maximum atomic E-state index is 12.8. The van der Waals surface area contributed by atoms with Gasteiger partial charge in [0.15, 0.2) is 0 Å². The quantitative estimate of drug-likeness (QED) is 0.867. The second kappa shape index (κ2) is 6.55. The van der Waals surface area contributed by atoms with Gasteiger partial charge in [0.05, 0.1) is 25.9 Å². The zero-order valence-corrected chi connectivity index (χ0v) is 12.9. The number of methoxy groups -OCH3 is 1. The van der Waals surface area contributed by atoms with Crippen LogP contribution in [0.3, 0.4) is 0 Å². The Bertz CT molecular complexity index is 737. The first kappa shape index (κ1) is 15.1. The summed E-state index contributed by atoms with van der Waals surface area (Å²) < 4.78 is 12.2. The number of carbonyl (C=O) groups is 1. The van der Waals surface area contributed by atoms with Crippen molar-refractivity contribution in [2.75, 3.05) is 33.4 Å². The van der Waals surface area contributed by atoms with E-state index in [2.05, 4.69) is 6.07 Å². The molecule has 1 saturated heterocycles. The van der Waals surface area contributed by atoms with Crippen molar-refractivity contribution in [2.45, 2.75) is 0 Å². The Labute approximate surface area is 134 Å². The van der Waals surface area contributed by atoms with Crippen LogP contribution >= 0.6 is 0 Å². The first-order valence-corrected chi connectivity index (χ1v) is 7.37. The molecule has 0 radical (unpaired) electrons. The number of hydrogen-bond donors (Lipinski definition) is 0. The minimum absolute atomic E-state index is 0.148. The lowest BCUT2D eigenvalue weighted by atomic mass is 10.2. The van der Waals surface area contributed by atoms with Crippen molar-refractivity contribution in [2.24, 2.45) is 0 Å². The van der Waals surface area contributed by atoms with E-state index in [1.54, 1.807) is 28.8 Å². The van der Waals surface area contributed by atoms with Gasteiger partial charge in [-0.15, -0.1) is 0 Å². The zero-order chi connectivity index (χ0) is 16.2. The van der Waals surface area contributed by atoms with Gasteiger partial charge in [-0.3, -0.25) is 4.79 Å². The smallest absolute Gasteiger partial charge is 0.272 e. The summed E-state index contributed by atoms with van der Waals surface area (Å²) in [5, 5.41) is 9.33. The van der Waals surface area contributed by atoms with Crippen LogP contribution in [0, 0.1) is 11.3 Å². The number of morpholine rings is 1. The average molecular weight is 311 g/mol. The molecule has 6 nitrogen and oxygen atoms in total. The number of benzene rings is 1. The van der Waals surface area contributed by atoms with Crippen molar-refractivity contribution in [1.82, 2.24) is 9.47 Å². The van der Waals surface area contributed by atoms with Crippen molar-refractivity contribution < 1.29 is 14.3 Å². The fourth-order valence-corrected chi connectivity index (χ4v) is 2.61. The van der Waals surface area contributed by atoms with E-state index in [9.17, 15) is 10.1 Å². The third-order valence-corrected chi connectivity index (χ3v) is 3.86. The van der Waals surface area contributed by atoms with E-state index >= 15 is 0 Å². The molecule has 0 saturated carbocycles. The van der Waals surface area contributed by atoms with Gasteiger partial charge in [0.2, 0.25) is 0 Å². The molecule has 0 unspecified atom stereocenters. The van der Waals surface area contributed by atoms with Crippen molar-refractivity contribution in [3.05, 3.63) is 47.8 Å². The summed E-state index contributed by atoms with van der Waals surface area (Å²) in [6, 6.07) is 11.1. The van der Waals surface area contributed by atoms with Gasteiger partial charge in [-0.05, 0) is 30.3 Å². The summed E-state index contributed by atoms with van der Waals surface area (Å²) in [6.07, 6.45) is 1.74. The molecule has 118 valence electrons. The molecule has 1 aromatic heterocycles. The van der Waals surface area contributed by atoms with E-state index in [4.69, 9.17) is 9.47 Å². The first-order chi connectivity index (χ1) is 11.2. The molecule has 0 N–H and O–H groups in total. The van der Waals surface area contributed by atoms with Crippen molar-refractivity contribution in [3.63, 3.8) is 0 Å².